The van der Waals surface area contributed by atoms with Gasteiger partial charge < -0.3 is 29.6 Å². The third-order valence-corrected chi connectivity index (χ3v) is 11.7. The van der Waals surface area contributed by atoms with Crippen molar-refractivity contribution in [2.75, 3.05) is 13.7 Å². The minimum Gasteiger partial charge on any atom is -0.496 e. The first-order chi connectivity index (χ1) is 24.1. The molecule has 3 aromatic rings. The number of hydrogen-bond acceptors (Lipinski definition) is 7. The van der Waals surface area contributed by atoms with Crippen molar-refractivity contribution in [1.29, 1.82) is 0 Å². The second-order valence-corrected chi connectivity index (χ2v) is 15.3. The number of hydrogen-bond donors (Lipinski definition) is 2. The van der Waals surface area contributed by atoms with Gasteiger partial charge in [0.1, 0.15) is 12.4 Å². The molecule has 2 N–H and O–H groups in total. The molecular weight excluding hydrogens is 639 g/mol. The number of halogens is 1. The Bertz CT molecular complexity index is 1760. The van der Waals surface area contributed by atoms with Crippen LogP contribution in [0.3, 0.4) is 0 Å². The number of carbonyl (C=O) groups is 3. The molecule has 2 saturated heterocycles. The minimum atomic E-state index is -0.685. The van der Waals surface area contributed by atoms with Gasteiger partial charge in [0.2, 0.25) is 5.91 Å². The van der Waals surface area contributed by atoms with Crippen LogP contribution in [0.1, 0.15) is 87.6 Å². The zero-order valence-corrected chi connectivity index (χ0v) is 29.1. The Morgan fingerprint density at radius 3 is 2.40 bits per heavy atom. The lowest BCUT2D eigenvalue weighted by Crippen LogP contribution is -2.53. The minimum absolute atomic E-state index is 0.0599. The first kappa shape index (κ1) is 34.3. The third-order valence-electron chi connectivity index (χ3n) is 11.7. The third kappa shape index (κ3) is 6.78. The van der Waals surface area contributed by atoms with E-state index in [0.717, 1.165) is 48.1 Å². The molecule has 2 aliphatic heterocycles. The molecule has 0 radical (unpaired) electrons. The predicted octanol–water partition coefficient (Wildman–Crippen LogP) is 6.64. The second kappa shape index (κ2) is 13.9. The summed E-state index contributed by atoms with van der Waals surface area (Å²) in [5.74, 6) is -1.98. The van der Waals surface area contributed by atoms with E-state index in [0.29, 0.717) is 32.2 Å². The van der Waals surface area contributed by atoms with E-state index in [-0.39, 0.29) is 59.3 Å². The number of benzene rings is 3. The lowest BCUT2D eigenvalue weighted by molar-refractivity contribution is -0.159. The summed E-state index contributed by atoms with van der Waals surface area (Å²) in [6.07, 6.45) is 6.09. The van der Waals surface area contributed by atoms with Crippen molar-refractivity contribution < 1.29 is 37.7 Å². The Morgan fingerprint density at radius 2 is 1.66 bits per heavy atom. The van der Waals surface area contributed by atoms with Gasteiger partial charge in [-0.2, -0.15) is 0 Å². The molecular formula is C40H47FN2O7. The molecule has 2 amide bonds. The number of ether oxygens (including phenoxy) is 4. The quantitative estimate of drug-likeness (QED) is 0.218. The van der Waals surface area contributed by atoms with E-state index in [1.165, 1.54) is 19.6 Å². The van der Waals surface area contributed by atoms with Crippen LogP contribution in [-0.4, -0.2) is 55.8 Å². The van der Waals surface area contributed by atoms with Crippen molar-refractivity contribution in [3.05, 3.63) is 71.5 Å². The first-order valence-corrected chi connectivity index (χ1v) is 18.0. The average molecular weight is 687 g/mol. The van der Waals surface area contributed by atoms with Gasteiger partial charge in [-0.05, 0) is 86.1 Å². The maximum Gasteiger partial charge on any atom is 0.312 e. The lowest BCUT2D eigenvalue weighted by atomic mass is 9.70. The normalized spacial score (nSPS) is 28.0. The first-order valence-electron chi connectivity index (χ1n) is 18.0. The highest BCUT2D eigenvalue weighted by molar-refractivity contribution is 5.98. The van der Waals surface area contributed by atoms with Crippen LogP contribution in [-0.2, 0) is 25.7 Å². The Kier molecular flexibility index (Phi) is 9.50. The summed E-state index contributed by atoms with van der Waals surface area (Å²) < 4.78 is 38.8. The summed E-state index contributed by atoms with van der Waals surface area (Å²) in [5, 5.41) is 8.30. The maximum absolute atomic E-state index is 15.3. The SMILES string of the molecule is COc1cc(F)c(O[C@H]2CC[C@@](C)(C(=O)OCc3cccc4ccccc34)CC2)cc1C(=O)N[C@H]1[C@@H](C(=O)NCC2(C)CCC2)[C@H]2CC[C@@H]1O2. The summed E-state index contributed by atoms with van der Waals surface area (Å²) in [6.45, 7) is 4.89. The van der Waals surface area contributed by atoms with Gasteiger partial charge in [0.05, 0.1) is 48.4 Å². The molecule has 7 rings (SSSR count). The van der Waals surface area contributed by atoms with E-state index in [2.05, 4.69) is 17.6 Å². The summed E-state index contributed by atoms with van der Waals surface area (Å²) in [5.41, 5.74) is 0.514. The van der Waals surface area contributed by atoms with Crippen LogP contribution in [0.15, 0.2) is 54.6 Å². The van der Waals surface area contributed by atoms with Crippen LogP contribution in [0, 0.1) is 22.6 Å². The number of amides is 2. The molecule has 0 aromatic heterocycles. The largest absolute Gasteiger partial charge is 0.496 e. The van der Waals surface area contributed by atoms with Crippen LogP contribution in [0.4, 0.5) is 4.39 Å². The second-order valence-electron chi connectivity index (χ2n) is 15.3. The smallest absolute Gasteiger partial charge is 0.312 e. The van der Waals surface area contributed by atoms with Gasteiger partial charge >= 0.3 is 5.97 Å². The van der Waals surface area contributed by atoms with E-state index in [1.807, 2.05) is 49.4 Å². The van der Waals surface area contributed by atoms with E-state index in [1.54, 1.807) is 0 Å². The van der Waals surface area contributed by atoms with Crippen molar-refractivity contribution in [3.63, 3.8) is 0 Å². The van der Waals surface area contributed by atoms with Crippen LogP contribution >= 0.6 is 0 Å². The zero-order valence-electron chi connectivity index (χ0n) is 29.1. The standard InChI is InChI=1S/C40H47FN2O7/c1-39(16-7-17-39)23-42-37(45)34-30-12-13-31(50-30)35(34)43-36(44)28-20-33(29(41)21-32(28)47-3)49-26-14-18-40(2,19-15-26)38(46)48-22-25-10-6-9-24-8-4-5-11-27(24)25/h4-6,8-11,20-21,26,30-31,34-35H,7,12-19,22-23H2,1-3H3,(H,42,45)(H,43,44)/t26-,30-,31+,34+,35-,40+/m1/s1. The summed E-state index contributed by atoms with van der Waals surface area (Å²) in [4.78, 5) is 40.4. The molecule has 0 unspecified atom stereocenters. The van der Waals surface area contributed by atoms with Gasteiger partial charge in [-0.25, -0.2) is 4.39 Å². The van der Waals surface area contributed by atoms with Crippen molar-refractivity contribution in [3.8, 4) is 11.5 Å². The predicted molar refractivity (Wildman–Crippen MR) is 185 cm³/mol. The number of fused-ring (bicyclic) bond motifs is 3. The molecule has 50 heavy (non-hydrogen) atoms. The molecule has 4 aliphatic rings. The van der Waals surface area contributed by atoms with Crippen molar-refractivity contribution in [2.24, 2.45) is 16.7 Å². The Morgan fingerprint density at radius 1 is 0.920 bits per heavy atom. The Balaban J connectivity index is 0.975. The van der Waals surface area contributed by atoms with Crippen LogP contribution in [0.2, 0.25) is 0 Å². The molecule has 10 heteroatoms. The van der Waals surface area contributed by atoms with Crippen LogP contribution in [0.5, 0.6) is 11.5 Å². The molecule has 4 fully saturated rings. The summed E-state index contributed by atoms with van der Waals surface area (Å²) in [6, 6.07) is 16.0. The van der Waals surface area contributed by atoms with Crippen LogP contribution in [0.25, 0.3) is 10.8 Å². The van der Waals surface area contributed by atoms with E-state index >= 15 is 4.39 Å². The fourth-order valence-corrected chi connectivity index (χ4v) is 8.24. The lowest BCUT2D eigenvalue weighted by Gasteiger charge is -2.39. The highest BCUT2D eigenvalue weighted by atomic mass is 19.1. The number of methoxy groups -OCH3 is 1. The number of nitrogens with one attached hydrogen (secondary N) is 2. The molecule has 2 bridgehead atoms. The molecule has 2 saturated carbocycles. The number of esters is 1. The highest BCUT2D eigenvalue weighted by Crippen LogP contribution is 2.43. The van der Waals surface area contributed by atoms with Gasteiger partial charge in [0, 0.05) is 12.6 Å². The van der Waals surface area contributed by atoms with Gasteiger partial charge in [-0.3, -0.25) is 14.4 Å². The monoisotopic (exact) mass is 686 g/mol. The molecule has 9 nitrogen and oxygen atoms in total. The fourth-order valence-electron chi connectivity index (χ4n) is 8.24. The molecule has 4 atom stereocenters. The maximum atomic E-state index is 15.3. The Labute approximate surface area is 292 Å². The topological polar surface area (TPSA) is 112 Å². The van der Waals surface area contributed by atoms with Gasteiger partial charge in [0.15, 0.2) is 11.6 Å². The van der Waals surface area contributed by atoms with E-state index in [4.69, 9.17) is 18.9 Å². The number of carbonyl (C=O) groups excluding carboxylic acids is 3. The van der Waals surface area contributed by atoms with Gasteiger partial charge in [0.25, 0.3) is 5.91 Å². The van der Waals surface area contributed by atoms with Crippen molar-refractivity contribution >= 4 is 28.6 Å². The molecule has 2 heterocycles. The molecule has 0 spiro atoms. The van der Waals surface area contributed by atoms with Crippen LogP contribution < -0.4 is 20.1 Å². The molecule has 3 aromatic carbocycles. The van der Waals surface area contributed by atoms with Crippen molar-refractivity contribution in [1.82, 2.24) is 10.6 Å². The van der Waals surface area contributed by atoms with Gasteiger partial charge in [-0.1, -0.05) is 55.8 Å². The zero-order chi connectivity index (χ0) is 35.0. The van der Waals surface area contributed by atoms with E-state index < -0.39 is 29.1 Å². The highest BCUT2D eigenvalue weighted by Gasteiger charge is 2.53. The molecule has 2 aliphatic carbocycles. The van der Waals surface area contributed by atoms with E-state index in [9.17, 15) is 14.4 Å². The summed E-state index contributed by atoms with van der Waals surface area (Å²) >= 11 is 0. The number of rotatable bonds is 11. The van der Waals surface area contributed by atoms with Crippen molar-refractivity contribution in [2.45, 2.75) is 103 Å². The fraction of sp³-hybridized carbons (Fsp3) is 0.525. The molecule has 266 valence electrons. The average Bonchev–Trinajstić information content (AvgIpc) is 3.72. The van der Waals surface area contributed by atoms with Gasteiger partial charge in [-0.15, -0.1) is 0 Å². The Hall–Kier alpha value is -4.18. The summed E-state index contributed by atoms with van der Waals surface area (Å²) in [7, 11) is 1.38.